The van der Waals surface area contributed by atoms with Crippen molar-refractivity contribution in [2.24, 2.45) is 0 Å². The van der Waals surface area contributed by atoms with Gasteiger partial charge in [-0.25, -0.2) is 4.98 Å². The number of aromatic nitrogens is 2. The molecule has 0 atom stereocenters. The molecular formula is C15H19N3O2. The zero-order valence-corrected chi connectivity index (χ0v) is 11.6. The number of nitrogens with two attached hydrogens (primary N) is 1. The highest BCUT2D eigenvalue weighted by molar-refractivity contribution is 5.70. The minimum absolute atomic E-state index is 0.170. The monoisotopic (exact) mass is 273 g/mol. The lowest BCUT2D eigenvalue weighted by Gasteiger charge is -2.08. The van der Waals surface area contributed by atoms with E-state index in [2.05, 4.69) is 11.9 Å². The SMILES string of the molecule is CCCCOC(=O)Cn1ccnc1-c1ccc(N)cc1. The standard InChI is InChI=1S/C15H19N3O2/c1-2-3-10-20-14(19)11-18-9-8-17-15(18)12-4-6-13(16)7-5-12/h4-9H,2-3,10-11,16H2,1H3. The fourth-order valence-electron chi connectivity index (χ4n) is 1.84. The Bertz CT molecular complexity index is 561. The van der Waals surface area contributed by atoms with Gasteiger partial charge in [0.1, 0.15) is 12.4 Å². The van der Waals surface area contributed by atoms with Crippen LogP contribution in [0.5, 0.6) is 0 Å². The van der Waals surface area contributed by atoms with E-state index in [-0.39, 0.29) is 12.5 Å². The number of ether oxygens (including phenoxy) is 1. The molecule has 1 aromatic heterocycles. The van der Waals surface area contributed by atoms with Gasteiger partial charge in [0.2, 0.25) is 0 Å². The van der Waals surface area contributed by atoms with Crippen LogP contribution in [0, 0.1) is 0 Å². The summed E-state index contributed by atoms with van der Waals surface area (Å²) in [5.74, 6) is 0.491. The molecule has 0 saturated carbocycles. The summed E-state index contributed by atoms with van der Waals surface area (Å²) in [6, 6.07) is 7.40. The van der Waals surface area contributed by atoms with Gasteiger partial charge >= 0.3 is 5.97 Å². The second-order valence-electron chi connectivity index (χ2n) is 4.57. The zero-order chi connectivity index (χ0) is 14.4. The van der Waals surface area contributed by atoms with Gasteiger partial charge in [0.25, 0.3) is 0 Å². The molecule has 0 fully saturated rings. The summed E-state index contributed by atoms with van der Waals surface area (Å²) in [5, 5.41) is 0. The normalized spacial score (nSPS) is 10.4. The summed E-state index contributed by atoms with van der Waals surface area (Å²) in [6.45, 7) is 2.70. The molecule has 0 bridgehead atoms. The van der Waals surface area contributed by atoms with E-state index >= 15 is 0 Å². The van der Waals surface area contributed by atoms with E-state index in [1.54, 1.807) is 17.0 Å². The molecule has 5 heteroatoms. The summed E-state index contributed by atoms with van der Waals surface area (Å²) >= 11 is 0. The maximum atomic E-state index is 11.7. The van der Waals surface area contributed by atoms with Gasteiger partial charge in [-0.2, -0.15) is 0 Å². The van der Waals surface area contributed by atoms with E-state index in [0.29, 0.717) is 12.3 Å². The number of nitrogens with zero attached hydrogens (tertiary/aromatic N) is 2. The van der Waals surface area contributed by atoms with Crippen LogP contribution >= 0.6 is 0 Å². The van der Waals surface area contributed by atoms with Crippen LogP contribution in [0.3, 0.4) is 0 Å². The summed E-state index contributed by atoms with van der Waals surface area (Å²) < 4.78 is 6.94. The second-order valence-corrected chi connectivity index (χ2v) is 4.57. The van der Waals surface area contributed by atoms with E-state index in [1.807, 2.05) is 24.3 Å². The van der Waals surface area contributed by atoms with Crippen molar-refractivity contribution in [1.82, 2.24) is 9.55 Å². The fraction of sp³-hybridized carbons (Fsp3) is 0.333. The lowest BCUT2D eigenvalue weighted by atomic mass is 10.2. The van der Waals surface area contributed by atoms with Crippen LogP contribution in [0.15, 0.2) is 36.7 Å². The average Bonchev–Trinajstić information content (AvgIpc) is 2.88. The number of rotatable bonds is 6. The molecule has 2 rings (SSSR count). The van der Waals surface area contributed by atoms with E-state index in [9.17, 15) is 4.79 Å². The van der Waals surface area contributed by atoms with Crippen LogP contribution in [-0.2, 0) is 16.1 Å². The van der Waals surface area contributed by atoms with Crippen LogP contribution in [0.4, 0.5) is 5.69 Å². The third-order valence-corrected chi connectivity index (χ3v) is 2.94. The van der Waals surface area contributed by atoms with Gasteiger partial charge in [-0.15, -0.1) is 0 Å². The molecule has 0 spiro atoms. The molecule has 0 saturated heterocycles. The van der Waals surface area contributed by atoms with Crippen molar-refractivity contribution >= 4 is 11.7 Å². The first-order valence-corrected chi connectivity index (χ1v) is 6.73. The molecule has 0 aliphatic rings. The Balaban J connectivity index is 2.05. The number of carbonyl (C=O) groups is 1. The molecule has 1 heterocycles. The van der Waals surface area contributed by atoms with Crippen LogP contribution in [0.1, 0.15) is 19.8 Å². The Morgan fingerprint density at radius 2 is 2.10 bits per heavy atom. The van der Waals surface area contributed by atoms with Crippen LogP contribution in [-0.4, -0.2) is 22.1 Å². The first kappa shape index (κ1) is 14.1. The van der Waals surface area contributed by atoms with Crippen molar-refractivity contribution in [2.75, 3.05) is 12.3 Å². The maximum absolute atomic E-state index is 11.7. The van der Waals surface area contributed by atoms with E-state index in [1.165, 1.54) is 0 Å². The molecule has 0 radical (unpaired) electrons. The molecule has 2 N–H and O–H groups in total. The number of carbonyl (C=O) groups excluding carboxylic acids is 1. The highest BCUT2D eigenvalue weighted by atomic mass is 16.5. The molecule has 5 nitrogen and oxygen atoms in total. The van der Waals surface area contributed by atoms with E-state index in [0.717, 1.165) is 24.2 Å². The number of benzene rings is 1. The van der Waals surface area contributed by atoms with Gasteiger partial charge in [-0.3, -0.25) is 4.79 Å². The van der Waals surface area contributed by atoms with Crippen LogP contribution < -0.4 is 5.73 Å². The Morgan fingerprint density at radius 1 is 1.35 bits per heavy atom. The Morgan fingerprint density at radius 3 is 2.80 bits per heavy atom. The van der Waals surface area contributed by atoms with Gasteiger partial charge in [-0.1, -0.05) is 13.3 Å². The summed E-state index contributed by atoms with van der Waals surface area (Å²) in [7, 11) is 0. The lowest BCUT2D eigenvalue weighted by Crippen LogP contribution is -2.14. The number of anilines is 1. The third kappa shape index (κ3) is 3.60. The third-order valence-electron chi connectivity index (χ3n) is 2.94. The number of imidazole rings is 1. The Kier molecular flexibility index (Phi) is 4.76. The Hall–Kier alpha value is -2.30. The van der Waals surface area contributed by atoms with Gasteiger partial charge in [0, 0.05) is 23.6 Å². The number of nitrogen functional groups attached to an aromatic ring is 1. The quantitative estimate of drug-likeness (QED) is 0.498. The van der Waals surface area contributed by atoms with Crippen LogP contribution in [0.25, 0.3) is 11.4 Å². The van der Waals surface area contributed by atoms with Crippen LogP contribution in [0.2, 0.25) is 0 Å². The largest absolute Gasteiger partial charge is 0.464 e. The molecule has 1 aromatic carbocycles. The highest BCUT2D eigenvalue weighted by Gasteiger charge is 2.10. The van der Waals surface area contributed by atoms with E-state index < -0.39 is 0 Å². The van der Waals surface area contributed by atoms with Crippen molar-refractivity contribution < 1.29 is 9.53 Å². The average molecular weight is 273 g/mol. The predicted octanol–water partition coefficient (Wildman–Crippen LogP) is 2.48. The molecule has 0 unspecified atom stereocenters. The van der Waals surface area contributed by atoms with Crippen molar-refractivity contribution in [2.45, 2.75) is 26.3 Å². The Labute approximate surface area is 118 Å². The highest BCUT2D eigenvalue weighted by Crippen LogP contribution is 2.18. The number of hydrogen-bond acceptors (Lipinski definition) is 4. The summed E-state index contributed by atoms with van der Waals surface area (Å²) in [5.41, 5.74) is 7.29. The van der Waals surface area contributed by atoms with Gasteiger partial charge < -0.3 is 15.0 Å². The molecule has 0 aliphatic heterocycles. The molecular weight excluding hydrogens is 254 g/mol. The predicted molar refractivity (Wildman–Crippen MR) is 77.9 cm³/mol. The summed E-state index contributed by atoms with van der Waals surface area (Å²) in [4.78, 5) is 16.0. The fourth-order valence-corrected chi connectivity index (χ4v) is 1.84. The van der Waals surface area contributed by atoms with Crippen molar-refractivity contribution in [3.05, 3.63) is 36.7 Å². The number of unbranched alkanes of at least 4 members (excludes halogenated alkanes) is 1. The lowest BCUT2D eigenvalue weighted by molar-refractivity contribution is -0.144. The molecule has 106 valence electrons. The maximum Gasteiger partial charge on any atom is 0.326 e. The first-order chi connectivity index (χ1) is 9.70. The van der Waals surface area contributed by atoms with E-state index in [4.69, 9.17) is 10.5 Å². The molecule has 0 amide bonds. The molecule has 20 heavy (non-hydrogen) atoms. The number of hydrogen-bond donors (Lipinski definition) is 1. The summed E-state index contributed by atoms with van der Waals surface area (Å²) in [6.07, 6.45) is 5.34. The minimum atomic E-state index is -0.242. The topological polar surface area (TPSA) is 70.1 Å². The second kappa shape index (κ2) is 6.75. The van der Waals surface area contributed by atoms with Crippen molar-refractivity contribution in [3.63, 3.8) is 0 Å². The molecule has 0 aliphatic carbocycles. The number of esters is 1. The van der Waals surface area contributed by atoms with Crippen molar-refractivity contribution in [3.8, 4) is 11.4 Å². The van der Waals surface area contributed by atoms with Crippen molar-refractivity contribution in [1.29, 1.82) is 0 Å². The van der Waals surface area contributed by atoms with Gasteiger partial charge in [-0.05, 0) is 30.7 Å². The minimum Gasteiger partial charge on any atom is -0.464 e. The smallest absolute Gasteiger partial charge is 0.326 e. The molecule has 2 aromatic rings. The van der Waals surface area contributed by atoms with Gasteiger partial charge in [0.05, 0.1) is 6.61 Å². The zero-order valence-electron chi connectivity index (χ0n) is 11.6. The first-order valence-electron chi connectivity index (χ1n) is 6.73. The van der Waals surface area contributed by atoms with Gasteiger partial charge in [0.15, 0.2) is 0 Å².